The number of carbonyl (C=O) groups is 1. The van der Waals surface area contributed by atoms with Crippen LogP contribution in [0.3, 0.4) is 0 Å². The molecule has 1 aliphatic rings. The van der Waals surface area contributed by atoms with Crippen LogP contribution in [0.2, 0.25) is 0 Å². The molecule has 0 radical (unpaired) electrons. The van der Waals surface area contributed by atoms with Crippen LogP contribution >= 0.6 is 11.3 Å². The van der Waals surface area contributed by atoms with Gasteiger partial charge in [-0.3, -0.25) is 4.40 Å². The van der Waals surface area contributed by atoms with E-state index in [0.29, 0.717) is 13.0 Å². The molecule has 0 saturated heterocycles. The molecule has 23 heavy (non-hydrogen) atoms. The van der Waals surface area contributed by atoms with E-state index in [4.69, 9.17) is 0 Å². The summed E-state index contributed by atoms with van der Waals surface area (Å²) in [5.74, 6) is 0. The Morgan fingerprint density at radius 1 is 1.43 bits per heavy atom. The average Bonchev–Trinajstić information content (AvgIpc) is 3.19. The molecule has 2 heterocycles. The molecule has 0 bridgehead atoms. The molecular formula is C16H16N4O2S. The van der Waals surface area contributed by atoms with Gasteiger partial charge in [-0.1, -0.05) is 24.3 Å². The van der Waals surface area contributed by atoms with Gasteiger partial charge in [0.1, 0.15) is 0 Å². The molecule has 2 unspecified atom stereocenters. The van der Waals surface area contributed by atoms with Gasteiger partial charge in [0.15, 0.2) is 4.96 Å². The van der Waals surface area contributed by atoms with Crippen molar-refractivity contribution in [3.8, 4) is 0 Å². The molecule has 1 aliphatic carbocycles. The molecule has 2 atom stereocenters. The topological polar surface area (TPSA) is 78.7 Å². The van der Waals surface area contributed by atoms with E-state index in [1.165, 1.54) is 0 Å². The van der Waals surface area contributed by atoms with Gasteiger partial charge in [0, 0.05) is 24.2 Å². The Morgan fingerprint density at radius 2 is 2.30 bits per heavy atom. The van der Waals surface area contributed by atoms with Crippen LogP contribution in [-0.4, -0.2) is 26.6 Å². The third kappa shape index (κ3) is 2.69. The highest BCUT2D eigenvalue weighted by Crippen LogP contribution is 2.31. The summed E-state index contributed by atoms with van der Waals surface area (Å²) in [4.78, 5) is 17.4. The number of nitrogens with zero attached hydrogens (tertiary/aromatic N) is 2. The fraction of sp³-hybridized carbons (Fsp3) is 0.250. The second-order valence-electron chi connectivity index (χ2n) is 5.60. The number of amides is 2. The Morgan fingerprint density at radius 3 is 3.17 bits per heavy atom. The van der Waals surface area contributed by atoms with Gasteiger partial charge in [0.05, 0.1) is 24.4 Å². The van der Waals surface area contributed by atoms with Crippen molar-refractivity contribution in [3.05, 3.63) is 58.9 Å². The normalized spacial score (nSPS) is 19.7. The smallest absolute Gasteiger partial charge is 0.315 e. The van der Waals surface area contributed by atoms with Gasteiger partial charge >= 0.3 is 6.03 Å². The predicted octanol–water partition coefficient (Wildman–Crippen LogP) is 1.85. The molecule has 0 spiro atoms. The fourth-order valence-electron chi connectivity index (χ4n) is 2.97. The number of carbonyl (C=O) groups excluding carboxylic acids is 1. The second-order valence-corrected chi connectivity index (χ2v) is 6.47. The minimum absolute atomic E-state index is 0.304. The molecule has 3 aromatic rings. The molecule has 4 rings (SSSR count). The van der Waals surface area contributed by atoms with E-state index in [0.717, 1.165) is 21.8 Å². The number of thiazole rings is 1. The quantitative estimate of drug-likeness (QED) is 0.686. The zero-order chi connectivity index (χ0) is 15.8. The Labute approximate surface area is 136 Å². The van der Waals surface area contributed by atoms with Crippen LogP contribution in [0.1, 0.15) is 22.9 Å². The molecule has 7 heteroatoms. The number of fused-ring (bicyclic) bond motifs is 2. The predicted molar refractivity (Wildman–Crippen MR) is 87.3 cm³/mol. The summed E-state index contributed by atoms with van der Waals surface area (Å²) in [5, 5.41) is 17.8. The Bertz CT molecular complexity index is 828. The summed E-state index contributed by atoms with van der Waals surface area (Å²) in [5.41, 5.74) is 2.87. The van der Waals surface area contributed by atoms with E-state index < -0.39 is 6.10 Å². The van der Waals surface area contributed by atoms with E-state index in [1.54, 1.807) is 11.3 Å². The van der Waals surface area contributed by atoms with Crippen LogP contribution in [0.15, 0.2) is 42.0 Å². The van der Waals surface area contributed by atoms with Gasteiger partial charge in [-0.05, 0) is 11.1 Å². The SMILES string of the molecule is O=C(NCc1cn2ccsc2n1)NC1c2ccccc2CC1O. The van der Waals surface area contributed by atoms with Gasteiger partial charge in [-0.25, -0.2) is 9.78 Å². The van der Waals surface area contributed by atoms with E-state index in [1.807, 2.05) is 46.4 Å². The molecule has 2 amide bonds. The molecule has 1 aromatic carbocycles. The van der Waals surface area contributed by atoms with E-state index in [-0.39, 0.29) is 12.1 Å². The van der Waals surface area contributed by atoms with Crippen molar-refractivity contribution in [3.63, 3.8) is 0 Å². The number of rotatable bonds is 3. The van der Waals surface area contributed by atoms with Crippen molar-refractivity contribution in [1.82, 2.24) is 20.0 Å². The highest BCUT2D eigenvalue weighted by Gasteiger charge is 2.31. The summed E-state index contributed by atoms with van der Waals surface area (Å²) in [6, 6.07) is 7.12. The zero-order valence-electron chi connectivity index (χ0n) is 12.3. The summed E-state index contributed by atoms with van der Waals surface area (Å²) < 4.78 is 1.93. The summed E-state index contributed by atoms with van der Waals surface area (Å²) in [7, 11) is 0. The van der Waals surface area contributed by atoms with Gasteiger partial charge in [-0.2, -0.15) is 0 Å². The number of imidazole rings is 1. The molecule has 118 valence electrons. The number of benzene rings is 1. The molecule has 0 saturated carbocycles. The lowest BCUT2D eigenvalue weighted by Crippen LogP contribution is -2.40. The molecule has 0 aliphatic heterocycles. The second kappa shape index (κ2) is 5.68. The van der Waals surface area contributed by atoms with Gasteiger partial charge in [0.25, 0.3) is 0 Å². The number of urea groups is 1. The summed E-state index contributed by atoms with van der Waals surface area (Å²) in [6.45, 7) is 0.352. The first kappa shape index (κ1) is 14.2. The van der Waals surface area contributed by atoms with Crippen molar-refractivity contribution < 1.29 is 9.90 Å². The average molecular weight is 328 g/mol. The van der Waals surface area contributed by atoms with E-state index >= 15 is 0 Å². The van der Waals surface area contributed by atoms with Crippen LogP contribution in [-0.2, 0) is 13.0 Å². The van der Waals surface area contributed by atoms with Crippen molar-refractivity contribution in [1.29, 1.82) is 0 Å². The zero-order valence-corrected chi connectivity index (χ0v) is 13.1. The van der Waals surface area contributed by atoms with Crippen LogP contribution in [0.4, 0.5) is 4.79 Å². The van der Waals surface area contributed by atoms with Gasteiger partial charge in [-0.15, -0.1) is 11.3 Å². The Hall–Kier alpha value is -2.38. The maximum Gasteiger partial charge on any atom is 0.315 e. The minimum atomic E-state index is -0.587. The van der Waals surface area contributed by atoms with Gasteiger partial charge in [0.2, 0.25) is 0 Å². The highest BCUT2D eigenvalue weighted by molar-refractivity contribution is 7.15. The number of hydrogen-bond acceptors (Lipinski definition) is 4. The summed E-state index contributed by atoms with van der Waals surface area (Å²) >= 11 is 1.55. The number of aromatic nitrogens is 2. The largest absolute Gasteiger partial charge is 0.390 e. The lowest BCUT2D eigenvalue weighted by Gasteiger charge is -2.18. The van der Waals surface area contributed by atoms with Crippen LogP contribution in [0, 0.1) is 0 Å². The van der Waals surface area contributed by atoms with Crippen molar-refractivity contribution >= 4 is 22.3 Å². The first-order valence-corrected chi connectivity index (χ1v) is 8.30. The van der Waals surface area contributed by atoms with E-state index in [2.05, 4.69) is 15.6 Å². The fourth-order valence-corrected chi connectivity index (χ4v) is 3.69. The summed E-state index contributed by atoms with van der Waals surface area (Å²) in [6.07, 6.45) is 3.81. The lowest BCUT2D eigenvalue weighted by atomic mass is 10.1. The molecular weight excluding hydrogens is 312 g/mol. The van der Waals surface area contributed by atoms with Crippen molar-refractivity contribution in [2.24, 2.45) is 0 Å². The van der Waals surface area contributed by atoms with Crippen LogP contribution in [0.5, 0.6) is 0 Å². The van der Waals surface area contributed by atoms with Crippen LogP contribution in [0.25, 0.3) is 4.96 Å². The first-order valence-electron chi connectivity index (χ1n) is 7.42. The number of aliphatic hydroxyl groups is 1. The molecule has 0 fully saturated rings. The lowest BCUT2D eigenvalue weighted by molar-refractivity contribution is 0.142. The van der Waals surface area contributed by atoms with Gasteiger partial charge < -0.3 is 15.7 Å². The minimum Gasteiger partial charge on any atom is -0.390 e. The third-order valence-corrected chi connectivity index (χ3v) is 4.83. The standard InChI is InChI=1S/C16H16N4O2S/c21-13-7-10-3-1-2-4-12(10)14(13)19-15(22)17-8-11-9-20-5-6-23-16(20)18-11/h1-6,9,13-14,21H,7-8H2,(H2,17,19,22). The molecule has 2 aromatic heterocycles. The van der Waals surface area contributed by atoms with E-state index in [9.17, 15) is 9.90 Å². The third-order valence-electron chi connectivity index (χ3n) is 4.06. The Kier molecular flexibility index (Phi) is 3.51. The molecule has 3 N–H and O–H groups in total. The number of aliphatic hydroxyl groups excluding tert-OH is 1. The Balaban J connectivity index is 1.39. The number of hydrogen-bond donors (Lipinski definition) is 3. The maximum absolute atomic E-state index is 12.1. The number of nitrogens with one attached hydrogen (secondary N) is 2. The maximum atomic E-state index is 12.1. The highest BCUT2D eigenvalue weighted by atomic mass is 32.1. The monoisotopic (exact) mass is 328 g/mol. The van der Waals surface area contributed by atoms with Crippen molar-refractivity contribution in [2.45, 2.75) is 25.1 Å². The molecule has 6 nitrogen and oxygen atoms in total. The van der Waals surface area contributed by atoms with Crippen molar-refractivity contribution in [2.75, 3.05) is 0 Å². The first-order chi connectivity index (χ1) is 11.2. The van der Waals surface area contributed by atoms with Crippen LogP contribution < -0.4 is 10.6 Å².